The van der Waals surface area contributed by atoms with Gasteiger partial charge in [-0.15, -0.1) is 11.3 Å². The molecule has 19 heavy (non-hydrogen) atoms. The smallest absolute Gasteiger partial charge is 0.142 e. The maximum Gasteiger partial charge on any atom is 0.142 e. The molecule has 2 aromatic carbocycles. The summed E-state index contributed by atoms with van der Waals surface area (Å²) in [4.78, 5) is 4.22. The number of hydrogen-bond acceptors (Lipinski definition) is 3. The van der Waals surface area contributed by atoms with Crippen LogP contribution >= 0.6 is 22.9 Å². The number of anilines is 1. The Morgan fingerprint density at radius 2 is 2.16 bits per heavy atom. The number of benzene rings is 2. The summed E-state index contributed by atoms with van der Waals surface area (Å²) in [6.07, 6.45) is 0. The van der Waals surface area contributed by atoms with Crippen molar-refractivity contribution in [3.05, 3.63) is 58.3 Å². The molecular formula is C14H10ClFN2S. The van der Waals surface area contributed by atoms with Gasteiger partial charge in [0, 0.05) is 12.2 Å². The third kappa shape index (κ3) is 2.55. The molecule has 0 unspecified atom stereocenters. The van der Waals surface area contributed by atoms with Crippen LogP contribution in [0.1, 0.15) is 5.56 Å². The van der Waals surface area contributed by atoms with E-state index in [1.54, 1.807) is 17.4 Å². The van der Waals surface area contributed by atoms with E-state index in [4.69, 9.17) is 11.6 Å². The minimum Gasteiger partial charge on any atom is -0.381 e. The summed E-state index contributed by atoms with van der Waals surface area (Å²) in [6, 6.07) is 10.8. The third-order valence-corrected chi connectivity index (χ3v) is 4.06. The highest BCUT2D eigenvalue weighted by molar-refractivity contribution is 7.16. The number of fused-ring (bicyclic) bond motifs is 1. The van der Waals surface area contributed by atoms with Gasteiger partial charge in [0.25, 0.3) is 0 Å². The molecule has 96 valence electrons. The van der Waals surface area contributed by atoms with E-state index in [1.807, 2.05) is 29.8 Å². The fourth-order valence-corrected chi connectivity index (χ4v) is 2.76. The lowest BCUT2D eigenvalue weighted by Gasteiger charge is -2.08. The number of nitrogens with zero attached hydrogens (tertiary/aromatic N) is 1. The van der Waals surface area contributed by atoms with Crippen LogP contribution in [0.5, 0.6) is 0 Å². The third-order valence-electron chi connectivity index (χ3n) is 2.85. The Kier molecular flexibility index (Phi) is 3.36. The summed E-state index contributed by atoms with van der Waals surface area (Å²) < 4.78 is 14.4. The van der Waals surface area contributed by atoms with Crippen LogP contribution < -0.4 is 5.32 Å². The van der Waals surface area contributed by atoms with Crippen LogP contribution in [0.25, 0.3) is 10.2 Å². The second-order valence-electron chi connectivity index (χ2n) is 4.10. The zero-order valence-corrected chi connectivity index (χ0v) is 11.4. The van der Waals surface area contributed by atoms with Crippen LogP contribution in [0.4, 0.5) is 10.1 Å². The Morgan fingerprint density at radius 3 is 3.05 bits per heavy atom. The van der Waals surface area contributed by atoms with Gasteiger partial charge in [0.05, 0.1) is 20.7 Å². The summed E-state index contributed by atoms with van der Waals surface area (Å²) in [5.74, 6) is -0.390. The fourth-order valence-electron chi connectivity index (χ4n) is 1.85. The molecule has 1 aromatic heterocycles. The lowest BCUT2D eigenvalue weighted by Crippen LogP contribution is -2.00. The average Bonchev–Trinajstić information content (AvgIpc) is 2.88. The Morgan fingerprint density at radius 1 is 1.26 bits per heavy atom. The number of rotatable bonds is 3. The molecule has 3 aromatic rings. The van der Waals surface area contributed by atoms with Gasteiger partial charge in [-0.05, 0) is 29.8 Å². The molecule has 5 heteroatoms. The van der Waals surface area contributed by atoms with Gasteiger partial charge >= 0.3 is 0 Å². The number of thiazole rings is 1. The largest absolute Gasteiger partial charge is 0.381 e. The van der Waals surface area contributed by atoms with E-state index in [0.29, 0.717) is 6.54 Å². The monoisotopic (exact) mass is 292 g/mol. The lowest BCUT2D eigenvalue weighted by atomic mass is 10.2. The molecule has 1 heterocycles. The van der Waals surface area contributed by atoms with Gasteiger partial charge in [0.2, 0.25) is 0 Å². The van der Waals surface area contributed by atoms with Crippen molar-refractivity contribution in [3.63, 3.8) is 0 Å². The number of aromatic nitrogens is 1. The van der Waals surface area contributed by atoms with Gasteiger partial charge in [-0.3, -0.25) is 0 Å². The number of hydrogen-bond donors (Lipinski definition) is 1. The fraction of sp³-hybridized carbons (Fsp3) is 0.0714. The second kappa shape index (κ2) is 5.15. The van der Waals surface area contributed by atoms with Gasteiger partial charge in [-0.1, -0.05) is 23.7 Å². The van der Waals surface area contributed by atoms with E-state index >= 15 is 0 Å². The van der Waals surface area contributed by atoms with Crippen molar-refractivity contribution < 1.29 is 4.39 Å². The Hall–Kier alpha value is -1.65. The minimum absolute atomic E-state index is 0.175. The summed E-state index contributed by atoms with van der Waals surface area (Å²) in [5, 5.41) is 3.41. The number of nitrogens with one attached hydrogen (secondary N) is 1. The first-order valence-corrected chi connectivity index (χ1v) is 7.00. The molecule has 0 saturated carbocycles. The normalized spacial score (nSPS) is 10.8. The predicted molar refractivity (Wildman–Crippen MR) is 78.4 cm³/mol. The molecule has 2 nitrogen and oxygen atoms in total. The van der Waals surface area contributed by atoms with Crippen LogP contribution in [0.15, 0.2) is 41.9 Å². The molecule has 0 saturated heterocycles. The molecule has 0 amide bonds. The van der Waals surface area contributed by atoms with Crippen molar-refractivity contribution in [2.24, 2.45) is 0 Å². The molecule has 0 fully saturated rings. The molecule has 0 radical (unpaired) electrons. The first kappa shape index (κ1) is 12.4. The van der Waals surface area contributed by atoms with Crippen LogP contribution in [-0.4, -0.2) is 4.98 Å². The zero-order chi connectivity index (χ0) is 13.2. The van der Waals surface area contributed by atoms with Crippen molar-refractivity contribution in [2.45, 2.75) is 6.54 Å². The molecule has 0 aliphatic rings. The Bertz CT molecular complexity index is 726. The van der Waals surface area contributed by atoms with Crippen molar-refractivity contribution in [3.8, 4) is 0 Å². The topological polar surface area (TPSA) is 24.9 Å². The highest BCUT2D eigenvalue weighted by atomic mass is 35.5. The molecule has 0 bridgehead atoms. The van der Waals surface area contributed by atoms with E-state index in [0.717, 1.165) is 21.5 Å². The lowest BCUT2D eigenvalue weighted by molar-refractivity contribution is 0.626. The van der Waals surface area contributed by atoms with E-state index in [1.165, 1.54) is 6.07 Å². The average molecular weight is 293 g/mol. The van der Waals surface area contributed by atoms with E-state index in [9.17, 15) is 4.39 Å². The summed E-state index contributed by atoms with van der Waals surface area (Å²) in [6.45, 7) is 0.487. The molecule has 3 rings (SSSR count). The van der Waals surface area contributed by atoms with Crippen molar-refractivity contribution >= 4 is 38.8 Å². The molecule has 0 aliphatic carbocycles. The van der Waals surface area contributed by atoms with Crippen LogP contribution in [0, 0.1) is 5.82 Å². The maximum atomic E-state index is 13.3. The van der Waals surface area contributed by atoms with Crippen LogP contribution in [-0.2, 0) is 6.54 Å². The minimum atomic E-state index is -0.390. The maximum absolute atomic E-state index is 13.3. The second-order valence-corrected chi connectivity index (χ2v) is 5.37. The van der Waals surface area contributed by atoms with Gasteiger partial charge in [0.1, 0.15) is 5.82 Å². The van der Waals surface area contributed by atoms with Crippen molar-refractivity contribution in [1.29, 1.82) is 0 Å². The van der Waals surface area contributed by atoms with Crippen molar-refractivity contribution in [2.75, 3.05) is 5.32 Å². The summed E-state index contributed by atoms with van der Waals surface area (Å²) in [7, 11) is 0. The predicted octanol–water partition coefficient (Wildman–Crippen LogP) is 4.70. The molecule has 0 atom stereocenters. The molecule has 0 aliphatic heterocycles. The van der Waals surface area contributed by atoms with Crippen LogP contribution in [0.2, 0.25) is 5.02 Å². The SMILES string of the molecule is Fc1cccc(CNc2ccc3ncsc3c2)c1Cl. The zero-order valence-electron chi connectivity index (χ0n) is 9.86. The van der Waals surface area contributed by atoms with E-state index in [2.05, 4.69) is 10.3 Å². The molecule has 0 spiro atoms. The molecule has 1 N–H and O–H groups in total. The summed E-state index contributed by atoms with van der Waals surface area (Å²) >= 11 is 7.51. The first-order chi connectivity index (χ1) is 9.24. The van der Waals surface area contributed by atoms with Gasteiger partial charge in [0.15, 0.2) is 0 Å². The van der Waals surface area contributed by atoms with E-state index < -0.39 is 0 Å². The van der Waals surface area contributed by atoms with Crippen molar-refractivity contribution in [1.82, 2.24) is 4.98 Å². The van der Waals surface area contributed by atoms with Gasteiger partial charge in [-0.25, -0.2) is 9.37 Å². The first-order valence-electron chi connectivity index (χ1n) is 5.74. The highest BCUT2D eigenvalue weighted by Crippen LogP contribution is 2.24. The van der Waals surface area contributed by atoms with E-state index in [-0.39, 0.29) is 10.8 Å². The Balaban J connectivity index is 1.80. The van der Waals surface area contributed by atoms with Gasteiger partial charge in [-0.2, -0.15) is 0 Å². The summed E-state index contributed by atoms with van der Waals surface area (Å²) in [5.41, 5.74) is 4.51. The molecular weight excluding hydrogens is 283 g/mol. The quantitative estimate of drug-likeness (QED) is 0.757. The Labute approximate surface area is 118 Å². The standard InChI is InChI=1S/C14H10ClFN2S/c15-14-9(2-1-3-11(14)16)7-17-10-4-5-12-13(6-10)19-8-18-12/h1-6,8,17H,7H2. The van der Waals surface area contributed by atoms with Crippen LogP contribution in [0.3, 0.4) is 0 Å². The van der Waals surface area contributed by atoms with Gasteiger partial charge < -0.3 is 5.32 Å². The number of halogens is 2. The highest BCUT2D eigenvalue weighted by Gasteiger charge is 2.05.